The first-order chi connectivity index (χ1) is 10.0. The molecule has 21 heavy (non-hydrogen) atoms. The summed E-state index contributed by atoms with van der Waals surface area (Å²) in [5, 5.41) is 0. The summed E-state index contributed by atoms with van der Waals surface area (Å²) in [4.78, 5) is 1.98. The summed E-state index contributed by atoms with van der Waals surface area (Å²) in [6.07, 6.45) is 0.347. The summed E-state index contributed by atoms with van der Waals surface area (Å²) in [7, 11) is 3.90. The molecular weight excluding hydrogens is 272 g/mol. The normalized spacial score (nSPS) is 12.2. The van der Waals surface area contributed by atoms with Gasteiger partial charge in [0.2, 0.25) is 0 Å². The van der Waals surface area contributed by atoms with Crippen LogP contribution in [0.5, 0.6) is 0 Å². The van der Waals surface area contributed by atoms with Crippen molar-refractivity contribution in [3.8, 4) is 0 Å². The number of rotatable bonds is 5. The Kier molecular flexibility index (Phi) is 4.88. The van der Waals surface area contributed by atoms with Gasteiger partial charge in [0.25, 0.3) is 0 Å². The second-order valence-electron chi connectivity index (χ2n) is 5.15. The van der Waals surface area contributed by atoms with E-state index in [2.05, 4.69) is 5.43 Å². The number of nitrogens with two attached hydrogens (primary N) is 1. The average Bonchev–Trinajstić information content (AvgIpc) is 2.46. The molecule has 0 radical (unpaired) electrons. The molecule has 2 aromatic carbocycles. The highest BCUT2D eigenvalue weighted by atomic mass is 19.1. The Morgan fingerprint density at radius 2 is 1.90 bits per heavy atom. The topological polar surface area (TPSA) is 41.3 Å². The number of halogens is 2. The minimum Gasteiger partial charge on any atom is -0.378 e. The van der Waals surface area contributed by atoms with Gasteiger partial charge in [-0.1, -0.05) is 18.2 Å². The van der Waals surface area contributed by atoms with Crippen LogP contribution in [-0.2, 0) is 6.42 Å². The van der Waals surface area contributed by atoms with Crippen molar-refractivity contribution >= 4 is 5.69 Å². The first-order valence-corrected chi connectivity index (χ1v) is 6.68. The molecule has 1 atom stereocenters. The maximum absolute atomic E-state index is 13.8. The predicted octanol–water partition coefficient (Wildman–Crippen LogP) is 2.78. The average molecular weight is 291 g/mol. The third-order valence-corrected chi connectivity index (χ3v) is 3.43. The van der Waals surface area contributed by atoms with Crippen LogP contribution in [0.2, 0.25) is 0 Å². The monoisotopic (exact) mass is 291 g/mol. The molecule has 0 saturated heterocycles. The Morgan fingerprint density at radius 3 is 2.52 bits per heavy atom. The molecule has 0 bridgehead atoms. The molecule has 0 aliphatic rings. The van der Waals surface area contributed by atoms with Crippen molar-refractivity contribution in [1.29, 1.82) is 0 Å². The molecule has 3 nitrogen and oxygen atoms in total. The van der Waals surface area contributed by atoms with E-state index in [-0.39, 0.29) is 6.04 Å². The van der Waals surface area contributed by atoms with E-state index in [0.29, 0.717) is 12.0 Å². The van der Waals surface area contributed by atoms with Crippen molar-refractivity contribution in [3.05, 3.63) is 65.2 Å². The largest absolute Gasteiger partial charge is 0.378 e. The second kappa shape index (κ2) is 6.65. The van der Waals surface area contributed by atoms with E-state index in [4.69, 9.17) is 5.84 Å². The van der Waals surface area contributed by atoms with Gasteiger partial charge in [0.05, 0.1) is 6.04 Å². The Bertz CT molecular complexity index is 614. The minimum atomic E-state index is -0.580. The standard InChI is InChI=1S/C16H19F2N3/c1-21(2)14-5-3-4-12(8-14)16(20-19)9-11-6-7-13(17)10-15(11)18/h3-8,10,16,20H,9,19H2,1-2H3. The summed E-state index contributed by atoms with van der Waals surface area (Å²) in [5.74, 6) is 4.46. The fourth-order valence-electron chi connectivity index (χ4n) is 2.20. The molecule has 1 unspecified atom stereocenters. The SMILES string of the molecule is CN(C)c1cccc(C(Cc2ccc(F)cc2F)NN)c1. The van der Waals surface area contributed by atoms with Gasteiger partial charge in [0.1, 0.15) is 11.6 Å². The van der Waals surface area contributed by atoms with E-state index in [0.717, 1.165) is 17.3 Å². The first-order valence-electron chi connectivity index (χ1n) is 6.68. The maximum atomic E-state index is 13.8. The zero-order valence-corrected chi connectivity index (χ0v) is 12.1. The summed E-state index contributed by atoms with van der Waals surface area (Å²) in [6.45, 7) is 0. The zero-order chi connectivity index (χ0) is 15.4. The maximum Gasteiger partial charge on any atom is 0.129 e. The molecule has 112 valence electrons. The van der Waals surface area contributed by atoms with Crippen LogP contribution in [0.1, 0.15) is 17.2 Å². The lowest BCUT2D eigenvalue weighted by molar-refractivity contribution is 0.522. The van der Waals surface area contributed by atoms with E-state index < -0.39 is 11.6 Å². The Labute approximate surface area is 123 Å². The molecule has 0 aromatic heterocycles. The van der Waals surface area contributed by atoms with Crippen LogP contribution in [-0.4, -0.2) is 14.1 Å². The van der Waals surface area contributed by atoms with Gasteiger partial charge in [0, 0.05) is 25.8 Å². The lowest BCUT2D eigenvalue weighted by Crippen LogP contribution is -2.30. The van der Waals surface area contributed by atoms with Crippen molar-refractivity contribution < 1.29 is 8.78 Å². The van der Waals surface area contributed by atoms with E-state index in [1.807, 2.05) is 43.3 Å². The highest BCUT2D eigenvalue weighted by Crippen LogP contribution is 2.23. The zero-order valence-electron chi connectivity index (χ0n) is 12.1. The smallest absolute Gasteiger partial charge is 0.129 e. The number of hydrogen-bond acceptors (Lipinski definition) is 3. The van der Waals surface area contributed by atoms with Crippen molar-refractivity contribution in [2.24, 2.45) is 5.84 Å². The fraction of sp³-hybridized carbons (Fsp3) is 0.250. The number of nitrogens with zero attached hydrogens (tertiary/aromatic N) is 1. The molecular formula is C16H19F2N3. The van der Waals surface area contributed by atoms with Crippen molar-refractivity contribution in [2.75, 3.05) is 19.0 Å². The minimum absolute atomic E-state index is 0.245. The van der Waals surface area contributed by atoms with Crippen LogP contribution >= 0.6 is 0 Å². The number of nitrogens with one attached hydrogen (secondary N) is 1. The van der Waals surface area contributed by atoms with Gasteiger partial charge in [-0.3, -0.25) is 11.3 Å². The van der Waals surface area contributed by atoms with Crippen molar-refractivity contribution in [1.82, 2.24) is 5.43 Å². The van der Waals surface area contributed by atoms with Gasteiger partial charge >= 0.3 is 0 Å². The van der Waals surface area contributed by atoms with E-state index in [9.17, 15) is 8.78 Å². The Morgan fingerprint density at radius 1 is 1.14 bits per heavy atom. The molecule has 0 heterocycles. The van der Waals surface area contributed by atoms with Crippen LogP contribution in [0, 0.1) is 11.6 Å². The Hall–Kier alpha value is -1.98. The molecule has 3 N–H and O–H groups in total. The lowest BCUT2D eigenvalue weighted by Gasteiger charge is -2.20. The van der Waals surface area contributed by atoms with E-state index >= 15 is 0 Å². The van der Waals surface area contributed by atoms with Gasteiger partial charge in [-0.2, -0.15) is 0 Å². The molecule has 2 aromatic rings. The van der Waals surface area contributed by atoms with Crippen molar-refractivity contribution in [2.45, 2.75) is 12.5 Å². The molecule has 0 saturated carbocycles. The Balaban J connectivity index is 2.25. The van der Waals surface area contributed by atoms with Gasteiger partial charge in [-0.25, -0.2) is 8.78 Å². The van der Waals surface area contributed by atoms with E-state index in [1.165, 1.54) is 12.1 Å². The number of hydrogen-bond donors (Lipinski definition) is 2. The number of benzene rings is 2. The summed E-state index contributed by atoms with van der Waals surface area (Å²) in [6, 6.07) is 11.2. The quantitative estimate of drug-likeness (QED) is 0.657. The highest BCUT2D eigenvalue weighted by molar-refractivity contribution is 5.48. The molecule has 0 aliphatic carbocycles. The van der Waals surface area contributed by atoms with Gasteiger partial charge in [0.15, 0.2) is 0 Å². The molecule has 0 amide bonds. The highest BCUT2D eigenvalue weighted by Gasteiger charge is 2.14. The van der Waals surface area contributed by atoms with Gasteiger partial charge in [-0.05, 0) is 35.7 Å². The molecule has 0 fully saturated rings. The molecule has 0 spiro atoms. The van der Waals surface area contributed by atoms with Crippen LogP contribution in [0.3, 0.4) is 0 Å². The van der Waals surface area contributed by atoms with Crippen LogP contribution in [0.4, 0.5) is 14.5 Å². The summed E-state index contributed by atoms with van der Waals surface area (Å²) < 4.78 is 26.7. The summed E-state index contributed by atoms with van der Waals surface area (Å²) in [5.41, 5.74) is 5.11. The molecule has 0 aliphatic heterocycles. The van der Waals surface area contributed by atoms with Crippen LogP contribution < -0.4 is 16.2 Å². The fourth-order valence-corrected chi connectivity index (χ4v) is 2.20. The van der Waals surface area contributed by atoms with Crippen LogP contribution in [0.15, 0.2) is 42.5 Å². The number of hydrazine groups is 1. The first kappa shape index (κ1) is 15.4. The van der Waals surface area contributed by atoms with Crippen LogP contribution in [0.25, 0.3) is 0 Å². The predicted molar refractivity (Wildman–Crippen MR) is 80.9 cm³/mol. The van der Waals surface area contributed by atoms with Gasteiger partial charge in [-0.15, -0.1) is 0 Å². The molecule has 2 rings (SSSR count). The summed E-state index contributed by atoms with van der Waals surface area (Å²) >= 11 is 0. The molecule has 5 heteroatoms. The van der Waals surface area contributed by atoms with E-state index in [1.54, 1.807) is 0 Å². The third-order valence-electron chi connectivity index (χ3n) is 3.43. The van der Waals surface area contributed by atoms with Gasteiger partial charge < -0.3 is 4.90 Å². The number of anilines is 1. The lowest BCUT2D eigenvalue weighted by atomic mass is 9.98. The van der Waals surface area contributed by atoms with Crippen molar-refractivity contribution in [3.63, 3.8) is 0 Å². The second-order valence-corrected chi connectivity index (χ2v) is 5.15. The third kappa shape index (κ3) is 3.77.